The number of carbonyl (C=O) groups excluding carboxylic acids is 1. The fraction of sp³-hybridized carbons (Fsp3) is 0.150. The van der Waals surface area contributed by atoms with E-state index in [4.69, 9.17) is 16.3 Å². The molecule has 138 valence electrons. The SMILES string of the molecule is COc1ccc(C)cc1NC(=O)c1cnc(Nc2cccc(Cl)c2C)nc1. The molecular formula is C20H19ClN4O2. The van der Waals surface area contributed by atoms with Crippen LogP contribution >= 0.6 is 11.6 Å². The van der Waals surface area contributed by atoms with Crippen molar-refractivity contribution in [2.45, 2.75) is 13.8 Å². The largest absolute Gasteiger partial charge is 0.495 e. The average molecular weight is 383 g/mol. The van der Waals surface area contributed by atoms with E-state index >= 15 is 0 Å². The molecule has 2 N–H and O–H groups in total. The van der Waals surface area contributed by atoms with Crippen LogP contribution < -0.4 is 15.4 Å². The molecule has 0 aliphatic rings. The van der Waals surface area contributed by atoms with Crippen LogP contribution in [0.15, 0.2) is 48.8 Å². The van der Waals surface area contributed by atoms with Crippen LogP contribution in [-0.2, 0) is 0 Å². The molecule has 1 amide bonds. The quantitative estimate of drug-likeness (QED) is 0.665. The van der Waals surface area contributed by atoms with Gasteiger partial charge in [-0.15, -0.1) is 0 Å². The molecule has 0 aliphatic carbocycles. The Labute approximate surface area is 162 Å². The number of amides is 1. The maximum atomic E-state index is 12.5. The van der Waals surface area contributed by atoms with Crippen molar-refractivity contribution < 1.29 is 9.53 Å². The summed E-state index contributed by atoms with van der Waals surface area (Å²) in [5.41, 5.74) is 3.66. The van der Waals surface area contributed by atoms with Gasteiger partial charge < -0.3 is 15.4 Å². The van der Waals surface area contributed by atoms with Crippen molar-refractivity contribution in [2.75, 3.05) is 17.7 Å². The van der Waals surface area contributed by atoms with Crippen molar-refractivity contribution in [2.24, 2.45) is 0 Å². The van der Waals surface area contributed by atoms with Crippen LogP contribution in [0.3, 0.4) is 0 Å². The topological polar surface area (TPSA) is 76.1 Å². The third-order valence-electron chi connectivity index (χ3n) is 4.03. The summed E-state index contributed by atoms with van der Waals surface area (Å²) in [7, 11) is 1.56. The van der Waals surface area contributed by atoms with Gasteiger partial charge in [0.25, 0.3) is 5.91 Å². The van der Waals surface area contributed by atoms with Crippen molar-refractivity contribution >= 4 is 34.8 Å². The molecule has 1 aromatic heterocycles. The highest BCUT2D eigenvalue weighted by molar-refractivity contribution is 6.31. The number of aryl methyl sites for hydroxylation is 1. The maximum absolute atomic E-state index is 12.5. The molecule has 0 saturated heterocycles. The second-order valence-electron chi connectivity index (χ2n) is 5.99. The van der Waals surface area contributed by atoms with Crippen molar-refractivity contribution in [3.05, 3.63) is 70.5 Å². The predicted molar refractivity (Wildman–Crippen MR) is 107 cm³/mol. The molecule has 0 bridgehead atoms. The van der Waals surface area contributed by atoms with Gasteiger partial charge in [0.15, 0.2) is 0 Å². The van der Waals surface area contributed by atoms with Crippen molar-refractivity contribution in [3.8, 4) is 5.75 Å². The Morgan fingerprint density at radius 3 is 2.52 bits per heavy atom. The fourth-order valence-corrected chi connectivity index (χ4v) is 2.66. The Hall–Kier alpha value is -3.12. The first-order chi connectivity index (χ1) is 13.0. The molecule has 2 aromatic carbocycles. The Balaban J connectivity index is 1.74. The summed E-state index contributed by atoms with van der Waals surface area (Å²) in [4.78, 5) is 20.9. The Morgan fingerprint density at radius 2 is 1.81 bits per heavy atom. The number of methoxy groups -OCH3 is 1. The van der Waals surface area contributed by atoms with Gasteiger partial charge >= 0.3 is 0 Å². The zero-order chi connectivity index (χ0) is 19.4. The van der Waals surface area contributed by atoms with E-state index in [0.29, 0.717) is 28.0 Å². The Morgan fingerprint density at radius 1 is 1.07 bits per heavy atom. The smallest absolute Gasteiger partial charge is 0.258 e. The molecule has 0 radical (unpaired) electrons. The molecule has 3 rings (SSSR count). The number of benzene rings is 2. The van der Waals surface area contributed by atoms with Crippen LogP contribution in [0.5, 0.6) is 5.75 Å². The first-order valence-corrected chi connectivity index (χ1v) is 8.66. The molecule has 0 unspecified atom stereocenters. The number of nitrogens with zero attached hydrogens (tertiary/aromatic N) is 2. The third kappa shape index (κ3) is 4.35. The lowest BCUT2D eigenvalue weighted by molar-refractivity contribution is 0.102. The van der Waals surface area contributed by atoms with Gasteiger partial charge in [-0.25, -0.2) is 9.97 Å². The van der Waals surface area contributed by atoms with E-state index in [1.165, 1.54) is 12.4 Å². The summed E-state index contributed by atoms with van der Waals surface area (Å²) in [5.74, 6) is 0.652. The maximum Gasteiger partial charge on any atom is 0.258 e. The minimum absolute atomic E-state index is 0.315. The van der Waals surface area contributed by atoms with Crippen molar-refractivity contribution in [1.29, 1.82) is 0 Å². The number of aromatic nitrogens is 2. The number of hydrogen-bond donors (Lipinski definition) is 2. The van der Waals surface area contributed by atoms with E-state index in [1.54, 1.807) is 7.11 Å². The van der Waals surface area contributed by atoms with Gasteiger partial charge in [0.05, 0.1) is 18.4 Å². The molecule has 3 aromatic rings. The minimum Gasteiger partial charge on any atom is -0.495 e. The Bertz CT molecular complexity index is 974. The van der Waals surface area contributed by atoms with E-state index in [1.807, 2.05) is 50.2 Å². The van der Waals surface area contributed by atoms with Crippen LogP contribution in [0.4, 0.5) is 17.3 Å². The number of ether oxygens (including phenoxy) is 1. The van der Waals surface area contributed by atoms with Crippen LogP contribution in [0.1, 0.15) is 21.5 Å². The standard InChI is InChI=1S/C20H19ClN4O2/c1-12-7-8-18(27-3)17(9-12)24-19(26)14-10-22-20(23-11-14)25-16-6-4-5-15(21)13(16)2/h4-11H,1-3H3,(H,24,26)(H,22,23,25). The highest BCUT2D eigenvalue weighted by Gasteiger charge is 2.12. The molecule has 0 saturated carbocycles. The number of rotatable bonds is 5. The molecular weight excluding hydrogens is 364 g/mol. The average Bonchev–Trinajstić information content (AvgIpc) is 2.66. The summed E-state index contributed by atoms with van der Waals surface area (Å²) in [6, 6.07) is 11.1. The summed E-state index contributed by atoms with van der Waals surface area (Å²) >= 11 is 6.12. The number of halogens is 1. The monoisotopic (exact) mass is 382 g/mol. The highest BCUT2D eigenvalue weighted by atomic mass is 35.5. The third-order valence-corrected chi connectivity index (χ3v) is 4.44. The second kappa shape index (κ2) is 8.05. The summed E-state index contributed by atoms with van der Waals surface area (Å²) in [6.45, 7) is 3.85. The second-order valence-corrected chi connectivity index (χ2v) is 6.40. The molecule has 0 aliphatic heterocycles. The molecule has 0 fully saturated rings. The van der Waals surface area contributed by atoms with Gasteiger partial charge in [-0.2, -0.15) is 0 Å². The summed E-state index contributed by atoms with van der Waals surface area (Å²) in [5, 5.41) is 6.57. The lowest BCUT2D eigenvalue weighted by Crippen LogP contribution is -2.14. The minimum atomic E-state index is -0.315. The summed E-state index contributed by atoms with van der Waals surface area (Å²) < 4.78 is 5.28. The molecule has 1 heterocycles. The van der Waals surface area contributed by atoms with Gasteiger partial charge in [0.1, 0.15) is 5.75 Å². The van der Waals surface area contributed by atoms with Crippen LogP contribution in [0.25, 0.3) is 0 Å². The van der Waals surface area contributed by atoms with Gasteiger partial charge in [-0.1, -0.05) is 23.7 Å². The zero-order valence-corrected chi connectivity index (χ0v) is 16.0. The lowest BCUT2D eigenvalue weighted by atomic mass is 10.2. The van der Waals surface area contributed by atoms with Crippen LogP contribution in [-0.4, -0.2) is 23.0 Å². The zero-order valence-electron chi connectivity index (χ0n) is 15.2. The Kier molecular flexibility index (Phi) is 5.57. The molecule has 6 nitrogen and oxygen atoms in total. The molecule has 0 atom stereocenters. The molecule has 7 heteroatoms. The fourth-order valence-electron chi connectivity index (χ4n) is 2.49. The van der Waals surface area contributed by atoms with E-state index < -0.39 is 0 Å². The predicted octanol–water partition coefficient (Wildman–Crippen LogP) is 4.75. The number of hydrogen-bond acceptors (Lipinski definition) is 5. The van der Waals surface area contributed by atoms with Gasteiger partial charge in [0.2, 0.25) is 5.95 Å². The van der Waals surface area contributed by atoms with Crippen LogP contribution in [0.2, 0.25) is 5.02 Å². The highest BCUT2D eigenvalue weighted by Crippen LogP contribution is 2.26. The van der Waals surface area contributed by atoms with E-state index in [-0.39, 0.29) is 5.91 Å². The van der Waals surface area contributed by atoms with E-state index in [0.717, 1.165) is 16.8 Å². The van der Waals surface area contributed by atoms with Crippen molar-refractivity contribution in [1.82, 2.24) is 9.97 Å². The molecule has 0 spiro atoms. The molecule has 27 heavy (non-hydrogen) atoms. The van der Waals surface area contributed by atoms with Crippen molar-refractivity contribution in [3.63, 3.8) is 0 Å². The number of nitrogens with one attached hydrogen (secondary N) is 2. The van der Waals surface area contributed by atoms with Gasteiger partial charge in [-0.3, -0.25) is 4.79 Å². The summed E-state index contributed by atoms with van der Waals surface area (Å²) in [6.07, 6.45) is 2.93. The lowest BCUT2D eigenvalue weighted by Gasteiger charge is -2.11. The number of carbonyl (C=O) groups is 1. The normalized spacial score (nSPS) is 10.4. The van der Waals surface area contributed by atoms with Gasteiger partial charge in [-0.05, 0) is 49.2 Å². The number of anilines is 3. The van der Waals surface area contributed by atoms with Crippen LogP contribution in [0, 0.1) is 13.8 Å². The first-order valence-electron chi connectivity index (χ1n) is 8.28. The van der Waals surface area contributed by atoms with E-state index in [9.17, 15) is 4.79 Å². The van der Waals surface area contributed by atoms with E-state index in [2.05, 4.69) is 20.6 Å². The van der Waals surface area contributed by atoms with Gasteiger partial charge in [0, 0.05) is 23.1 Å². The first kappa shape index (κ1) is 18.7.